The fourth-order valence-electron chi connectivity index (χ4n) is 2.45. The highest BCUT2D eigenvalue weighted by atomic mass is 16.5. The molecule has 1 aliphatic heterocycles. The number of nitrogens with one attached hydrogen (secondary N) is 1. The van der Waals surface area contributed by atoms with E-state index < -0.39 is 0 Å². The van der Waals surface area contributed by atoms with Gasteiger partial charge in [-0.05, 0) is 55.9 Å². The summed E-state index contributed by atoms with van der Waals surface area (Å²) in [5.41, 5.74) is 8.36. The molecule has 1 heterocycles. The number of rotatable bonds is 4. The van der Waals surface area contributed by atoms with Crippen molar-refractivity contribution in [1.82, 2.24) is 0 Å². The Balaban J connectivity index is 2.05. The summed E-state index contributed by atoms with van der Waals surface area (Å²) in [7, 11) is 0. The Hall–Kier alpha value is -1.55. The van der Waals surface area contributed by atoms with Gasteiger partial charge in [0.25, 0.3) is 0 Å². The number of amidine groups is 1. The molecule has 2 rings (SSSR count). The van der Waals surface area contributed by atoms with Gasteiger partial charge in [-0.15, -0.1) is 0 Å². The highest BCUT2D eigenvalue weighted by molar-refractivity contribution is 5.95. The van der Waals surface area contributed by atoms with E-state index in [-0.39, 0.29) is 5.84 Å². The van der Waals surface area contributed by atoms with E-state index in [2.05, 4.69) is 0 Å². The van der Waals surface area contributed by atoms with Crippen LogP contribution in [0.5, 0.6) is 5.75 Å². The van der Waals surface area contributed by atoms with Crippen molar-refractivity contribution in [2.24, 2.45) is 11.7 Å². The van der Waals surface area contributed by atoms with Crippen molar-refractivity contribution in [3.63, 3.8) is 0 Å². The molecule has 3 N–H and O–H groups in total. The van der Waals surface area contributed by atoms with Gasteiger partial charge >= 0.3 is 0 Å². The van der Waals surface area contributed by atoms with Crippen molar-refractivity contribution in [2.45, 2.75) is 26.7 Å². The third-order valence-electron chi connectivity index (χ3n) is 3.58. The smallest absolute Gasteiger partial charge is 0.125 e. The summed E-state index contributed by atoms with van der Waals surface area (Å²) in [4.78, 5) is 0. The average Bonchev–Trinajstić information content (AvgIpc) is 2.38. The normalized spacial score (nSPS) is 16.3. The highest BCUT2D eigenvalue weighted by Crippen LogP contribution is 2.26. The third-order valence-corrected chi connectivity index (χ3v) is 3.58. The van der Waals surface area contributed by atoms with Gasteiger partial charge in [-0.2, -0.15) is 0 Å². The summed E-state index contributed by atoms with van der Waals surface area (Å²) in [5.74, 6) is 1.61. The van der Waals surface area contributed by atoms with Gasteiger partial charge < -0.3 is 15.2 Å². The molecule has 0 aromatic heterocycles. The van der Waals surface area contributed by atoms with Crippen LogP contribution in [-0.2, 0) is 4.74 Å². The molecule has 1 aliphatic rings. The number of benzene rings is 1. The fraction of sp³-hybridized carbons (Fsp3) is 0.533. The Kier molecular flexibility index (Phi) is 4.43. The molecule has 0 atom stereocenters. The van der Waals surface area contributed by atoms with Gasteiger partial charge in [-0.3, -0.25) is 5.41 Å². The maximum Gasteiger partial charge on any atom is 0.125 e. The average molecular weight is 262 g/mol. The maximum atomic E-state index is 7.48. The monoisotopic (exact) mass is 262 g/mol. The van der Waals surface area contributed by atoms with E-state index in [9.17, 15) is 0 Å². The molecule has 1 aromatic carbocycles. The Labute approximate surface area is 114 Å². The standard InChI is InChI=1S/C15H22N2O2/c1-10-7-13(15(16)17)8-11(2)14(10)19-9-12-3-5-18-6-4-12/h7-8,12H,3-6,9H2,1-2H3,(H3,16,17). The van der Waals surface area contributed by atoms with E-state index in [1.165, 1.54) is 0 Å². The van der Waals surface area contributed by atoms with Gasteiger partial charge in [0.15, 0.2) is 0 Å². The Morgan fingerprint density at radius 3 is 2.42 bits per heavy atom. The first-order chi connectivity index (χ1) is 9.08. The third kappa shape index (κ3) is 3.47. The summed E-state index contributed by atoms with van der Waals surface area (Å²) in [6.07, 6.45) is 2.15. The van der Waals surface area contributed by atoms with Crippen LogP contribution in [-0.4, -0.2) is 25.7 Å². The van der Waals surface area contributed by atoms with E-state index in [1.54, 1.807) is 0 Å². The van der Waals surface area contributed by atoms with Crippen LogP contribution in [0.15, 0.2) is 12.1 Å². The molecule has 0 unspecified atom stereocenters. The molecule has 0 amide bonds. The van der Waals surface area contributed by atoms with Crippen molar-refractivity contribution >= 4 is 5.84 Å². The van der Waals surface area contributed by atoms with E-state index in [1.807, 2.05) is 26.0 Å². The number of ether oxygens (including phenoxy) is 2. The van der Waals surface area contributed by atoms with Crippen LogP contribution in [0.1, 0.15) is 29.5 Å². The van der Waals surface area contributed by atoms with Gasteiger partial charge in [-0.25, -0.2) is 0 Å². The summed E-state index contributed by atoms with van der Waals surface area (Å²) in [5, 5.41) is 7.48. The Bertz CT molecular complexity index is 442. The van der Waals surface area contributed by atoms with Gasteiger partial charge in [0, 0.05) is 18.8 Å². The summed E-state index contributed by atoms with van der Waals surface area (Å²) >= 11 is 0. The van der Waals surface area contributed by atoms with Crippen molar-refractivity contribution in [1.29, 1.82) is 5.41 Å². The van der Waals surface area contributed by atoms with Gasteiger partial charge in [-0.1, -0.05) is 0 Å². The minimum Gasteiger partial charge on any atom is -0.493 e. The van der Waals surface area contributed by atoms with Crippen LogP contribution in [0.25, 0.3) is 0 Å². The number of aryl methyl sites for hydroxylation is 2. The van der Waals surface area contributed by atoms with Crippen molar-refractivity contribution < 1.29 is 9.47 Å². The maximum absolute atomic E-state index is 7.48. The van der Waals surface area contributed by atoms with Crippen LogP contribution >= 0.6 is 0 Å². The molecule has 1 fully saturated rings. The van der Waals surface area contributed by atoms with Gasteiger partial charge in [0.05, 0.1) is 6.61 Å². The fourth-order valence-corrected chi connectivity index (χ4v) is 2.45. The molecule has 19 heavy (non-hydrogen) atoms. The van der Waals surface area contributed by atoms with E-state index >= 15 is 0 Å². The topological polar surface area (TPSA) is 68.3 Å². The Morgan fingerprint density at radius 1 is 1.32 bits per heavy atom. The van der Waals surface area contributed by atoms with E-state index in [0.29, 0.717) is 5.92 Å². The van der Waals surface area contributed by atoms with Crippen LogP contribution in [0, 0.1) is 25.2 Å². The van der Waals surface area contributed by atoms with Crippen molar-refractivity contribution in [3.05, 3.63) is 28.8 Å². The van der Waals surface area contributed by atoms with Crippen molar-refractivity contribution in [3.8, 4) is 5.75 Å². The number of hydrogen-bond donors (Lipinski definition) is 2. The molecule has 0 aliphatic carbocycles. The lowest BCUT2D eigenvalue weighted by Gasteiger charge is -2.23. The van der Waals surface area contributed by atoms with E-state index in [0.717, 1.165) is 55.1 Å². The van der Waals surface area contributed by atoms with Gasteiger partial charge in [0.2, 0.25) is 0 Å². The largest absolute Gasteiger partial charge is 0.493 e. The zero-order chi connectivity index (χ0) is 13.8. The van der Waals surface area contributed by atoms with Crippen LogP contribution in [0.3, 0.4) is 0 Å². The second kappa shape index (κ2) is 6.06. The number of hydrogen-bond acceptors (Lipinski definition) is 3. The molecule has 1 aromatic rings. The first kappa shape index (κ1) is 13.9. The molecular formula is C15H22N2O2. The molecule has 4 nitrogen and oxygen atoms in total. The van der Waals surface area contributed by atoms with Gasteiger partial charge in [0.1, 0.15) is 11.6 Å². The first-order valence-corrected chi connectivity index (χ1v) is 6.74. The SMILES string of the molecule is Cc1cc(C(=N)N)cc(C)c1OCC1CCOCC1. The molecule has 0 spiro atoms. The quantitative estimate of drug-likeness (QED) is 0.646. The lowest BCUT2D eigenvalue weighted by molar-refractivity contribution is 0.0495. The minimum atomic E-state index is 0.0992. The summed E-state index contributed by atoms with van der Waals surface area (Å²) in [6, 6.07) is 3.82. The lowest BCUT2D eigenvalue weighted by Crippen LogP contribution is -2.22. The molecule has 0 bridgehead atoms. The second-order valence-corrected chi connectivity index (χ2v) is 5.22. The molecule has 1 saturated heterocycles. The zero-order valence-electron chi connectivity index (χ0n) is 11.7. The van der Waals surface area contributed by atoms with Crippen LogP contribution < -0.4 is 10.5 Å². The summed E-state index contributed by atoms with van der Waals surface area (Å²) in [6.45, 7) is 6.42. The number of nitrogen functional groups attached to an aromatic ring is 1. The predicted octanol–water partition coefficient (Wildman–Crippen LogP) is 2.39. The van der Waals surface area contributed by atoms with E-state index in [4.69, 9.17) is 20.6 Å². The molecule has 0 saturated carbocycles. The molecule has 104 valence electrons. The second-order valence-electron chi connectivity index (χ2n) is 5.22. The Morgan fingerprint density at radius 2 is 1.89 bits per heavy atom. The van der Waals surface area contributed by atoms with Crippen LogP contribution in [0.4, 0.5) is 0 Å². The molecule has 4 heteroatoms. The lowest BCUT2D eigenvalue weighted by atomic mass is 10.0. The first-order valence-electron chi connectivity index (χ1n) is 6.74. The zero-order valence-corrected chi connectivity index (χ0v) is 11.7. The molecule has 0 radical (unpaired) electrons. The summed E-state index contributed by atoms with van der Waals surface area (Å²) < 4.78 is 11.3. The minimum absolute atomic E-state index is 0.0992. The predicted molar refractivity (Wildman–Crippen MR) is 76.0 cm³/mol. The van der Waals surface area contributed by atoms with Crippen LogP contribution in [0.2, 0.25) is 0 Å². The molecular weight excluding hydrogens is 240 g/mol. The highest BCUT2D eigenvalue weighted by Gasteiger charge is 2.16. The van der Waals surface area contributed by atoms with Crippen molar-refractivity contribution in [2.75, 3.05) is 19.8 Å². The number of nitrogens with two attached hydrogens (primary N) is 1.